The Balaban J connectivity index is 1.52. The second-order valence-electron chi connectivity index (χ2n) is 10.2. The molecular weight excluding hydrogens is 546 g/mol. The second kappa shape index (κ2) is 11.3. The predicted octanol–water partition coefficient (Wildman–Crippen LogP) is 4.38. The summed E-state index contributed by atoms with van der Waals surface area (Å²) in [5, 5.41) is 2.54. The number of hydrogen-bond donors (Lipinski definition) is 1. The minimum atomic E-state index is -3.05. The molecule has 2 heterocycles. The fourth-order valence-corrected chi connectivity index (χ4v) is 5.10. The van der Waals surface area contributed by atoms with E-state index in [9.17, 15) is 23.2 Å². The smallest absolute Gasteiger partial charge is 0.387 e. The Morgan fingerprint density at radius 1 is 1.05 bits per heavy atom. The van der Waals surface area contributed by atoms with Crippen molar-refractivity contribution in [3.05, 3.63) is 87.3 Å². The Hall–Kier alpha value is -4.35. The Morgan fingerprint density at radius 2 is 1.71 bits per heavy atom. The number of amides is 2. The van der Waals surface area contributed by atoms with Gasteiger partial charge in [0.25, 0.3) is 11.5 Å². The number of alkyl halides is 2. The number of nitrogens with zero attached hydrogens (tertiary/aromatic N) is 2. The summed E-state index contributed by atoms with van der Waals surface area (Å²) in [6.45, 7) is -1.19. The van der Waals surface area contributed by atoms with E-state index < -0.39 is 53.1 Å². The van der Waals surface area contributed by atoms with E-state index in [-0.39, 0.29) is 29.3 Å². The Bertz CT molecular complexity index is 1520. The summed E-state index contributed by atoms with van der Waals surface area (Å²) in [5.41, 5.74) is -0.301. The Kier molecular flexibility index (Phi) is 7.74. The van der Waals surface area contributed by atoms with Crippen LogP contribution in [-0.2, 0) is 11.3 Å². The van der Waals surface area contributed by atoms with Crippen LogP contribution in [0.15, 0.2) is 53.5 Å². The molecule has 1 N–H and O–H groups in total. The number of rotatable bonds is 9. The lowest BCUT2D eigenvalue weighted by molar-refractivity contribution is -0.118. The highest BCUT2D eigenvalue weighted by molar-refractivity contribution is 6.05. The van der Waals surface area contributed by atoms with Crippen LogP contribution in [0.5, 0.6) is 11.5 Å². The predicted molar refractivity (Wildman–Crippen MR) is 140 cm³/mol. The normalized spacial score (nSPS) is 18.6. The van der Waals surface area contributed by atoms with Crippen molar-refractivity contribution < 1.29 is 36.6 Å². The molecule has 2 aromatic carbocycles. The van der Waals surface area contributed by atoms with Crippen LogP contribution >= 0.6 is 0 Å². The van der Waals surface area contributed by atoms with Gasteiger partial charge < -0.3 is 24.3 Å². The van der Waals surface area contributed by atoms with E-state index in [0.29, 0.717) is 18.0 Å². The van der Waals surface area contributed by atoms with Crippen molar-refractivity contribution in [3.8, 4) is 11.5 Å². The summed E-state index contributed by atoms with van der Waals surface area (Å²) in [6, 6.07) is 6.93. The van der Waals surface area contributed by atoms with Crippen molar-refractivity contribution in [2.24, 2.45) is 5.92 Å². The molecule has 8 nitrogen and oxygen atoms in total. The number of benzene rings is 2. The number of halogens is 4. The van der Waals surface area contributed by atoms with Crippen LogP contribution < -0.4 is 25.2 Å². The standard InChI is InChI=1S/C29H27F4N3O5/c1-15-9-10-35(13-16-3-4-16)28(39)25(15)36-14-20(23-21(30)11-19(40-2)12-22(23)31)24(27(36)38)34-26(37)17-5-7-18(8-6-17)41-29(32)33/h5-12,16,20,24,29H,3-4,13-14H2,1-2H3,(H,34,37)/t20-,24?/m0/s1. The van der Waals surface area contributed by atoms with E-state index in [4.69, 9.17) is 4.74 Å². The maximum atomic E-state index is 15.3. The fraction of sp³-hybridized carbons (Fsp3) is 0.345. The maximum Gasteiger partial charge on any atom is 0.387 e. The monoisotopic (exact) mass is 573 g/mol. The molecule has 0 bridgehead atoms. The van der Waals surface area contributed by atoms with E-state index in [0.717, 1.165) is 37.1 Å². The number of nitrogens with one attached hydrogen (secondary N) is 1. The maximum absolute atomic E-state index is 15.3. The van der Waals surface area contributed by atoms with Gasteiger partial charge in [0.15, 0.2) is 0 Å². The summed E-state index contributed by atoms with van der Waals surface area (Å²) in [6.07, 6.45) is 3.65. The van der Waals surface area contributed by atoms with Crippen LogP contribution in [0.4, 0.5) is 23.2 Å². The number of methoxy groups -OCH3 is 1. The highest BCUT2D eigenvalue weighted by Crippen LogP contribution is 2.37. The number of aromatic nitrogens is 1. The zero-order chi connectivity index (χ0) is 29.4. The van der Waals surface area contributed by atoms with Crippen molar-refractivity contribution >= 4 is 17.5 Å². The number of carbonyl (C=O) groups excluding carboxylic acids is 2. The first-order chi connectivity index (χ1) is 19.6. The Morgan fingerprint density at radius 3 is 2.29 bits per heavy atom. The van der Waals surface area contributed by atoms with Crippen molar-refractivity contribution in [2.45, 2.75) is 44.9 Å². The van der Waals surface area contributed by atoms with Gasteiger partial charge in [0.1, 0.15) is 34.9 Å². The second-order valence-corrected chi connectivity index (χ2v) is 10.2. The molecular formula is C29H27F4N3O5. The molecule has 41 heavy (non-hydrogen) atoms. The lowest BCUT2D eigenvalue weighted by atomic mass is 9.92. The quantitative estimate of drug-likeness (QED) is 0.384. The van der Waals surface area contributed by atoms with Gasteiger partial charge in [-0.15, -0.1) is 0 Å². The Labute approximate surface area is 232 Å². The van der Waals surface area contributed by atoms with Crippen LogP contribution in [0.2, 0.25) is 0 Å². The summed E-state index contributed by atoms with van der Waals surface area (Å²) in [5.74, 6) is -4.56. The molecule has 2 atom stereocenters. The largest absolute Gasteiger partial charge is 0.497 e. The molecule has 1 aromatic heterocycles. The number of anilines is 1. The van der Waals surface area contributed by atoms with E-state index >= 15 is 8.78 Å². The SMILES string of the molecule is COc1cc(F)c([C@@H]2CN(c3c(C)ccn(CC4CC4)c3=O)C(=O)C2NC(=O)c2ccc(OC(F)F)cc2)c(F)c1. The minimum absolute atomic E-state index is 0.00466. The van der Waals surface area contributed by atoms with Gasteiger partial charge in [-0.05, 0) is 61.6 Å². The number of ether oxygens (including phenoxy) is 2. The average molecular weight is 574 g/mol. The molecule has 0 radical (unpaired) electrons. The zero-order valence-corrected chi connectivity index (χ0v) is 22.2. The number of carbonyl (C=O) groups is 2. The van der Waals surface area contributed by atoms with Gasteiger partial charge in [0.2, 0.25) is 5.91 Å². The molecule has 1 saturated carbocycles. The average Bonchev–Trinajstić information content (AvgIpc) is 3.70. The van der Waals surface area contributed by atoms with Gasteiger partial charge in [0.05, 0.1) is 7.11 Å². The molecule has 2 fully saturated rings. The third-order valence-corrected chi connectivity index (χ3v) is 7.36. The van der Waals surface area contributed by atoms with E-state index in [1.54, 1.807) is 19.2 Å². The number of aryl methyl sites for hydroxylation is 1. The van der Waals surface area contributed by atoms with Gasteiger partial charge in [-0.2, -0.15) is 8.78 Å². The van der Waals surface area contributed by atoms with Gasteiger partial charge in [-0.3, -0.25) is 14.4 Å². The van der Waals surface area contributed by atoms with Crippen LogP contribution in [0.1, 0.15) is 40.2 Å². The van der Waals surface area contributed by atoms with Gasteiger partial charge in [-0.1, -0.05) is 0 Å². The fourth-order valence-electron chi connectivity index (χ4n) is 5.10. The highest BCUT2D eigenvalue weighted by Gasteiger charge is 2.46. The van der Waals surface area contributed by atoms with E-state index in [1.165, 1.54) is 28.7 Å². The molecule has 216 valence electrons. The number of hydrogen-bond acceptors (Lipinski definition) is 5. The zero-order valence-electron chi connectivity index (χ0n) is 22.2. The summed E-state index contributed by atoms with van der Waals surface area (Å²) in [7, 11) is 1.25. The molecule has 12 heteroatoms. The molecule has 5 rings (SSSR count). The number of pyridine rings is 1. The van der Waals surface area contributed by atoms with Crippen LogP contribution in [0, 0.1) is 24.5 Å². The van der Waals surface area contributed by atoms with Gasteiger partial charge in [-0.25, -0.2) is 8.78 Å². The summed E-state index contributed by atoms with van der Waals surface area (Å²) in [4.78, 5) is 41.6. The van der Waals surface area contributed by atoms with Crippen molar-refractivity contribution in [2.75, 3.05) is 18.6 Å². The third-order valence-electron chi connectivity index (χ3n) is 7.36. The van der Waals surface area contributed by atoms with E-state index in [1.807, 2.05) is 0 Å². The van der Waals surface area contributed by atoms with Crippen LogP contribution in [0.25, 0.3) is 0 Å². The molecule has 0 spiro atoms. The van der Waals surface area contributed by atoms with Crippen molar-refractivity contribution in [1.29, 1.82) is 0 Å². The minimum Gasteiger partial charge on any atom is -0.497 e. The van der Waals surface area contributed by atoms with Gasteiger partial charge in [0, 0.05) is 48.5 Å². The van der Waals surface area contributed by atoms with Crippen molar-refractivity contribution in [3.63, 3.8) is 0 Å². The summed E-state index contributed by atoms with van der Waals surface area (Å²) >= 11 is 0. The van der Waals surface area contributed by atoms with Crippen LogP contribution in [0.3, 0.4) is 0 Å². The first kappa shape index (κ1) is 28.2. The van der Waals surface area contributed by atoms with Crippen molar-refractivity contribution in [1.82, 2.24) is 9.88 Å². The molecule has 2 aliphatic rings. The highest BCUT2D eigenvalue weighted by atomic mass is 19.3. The third kappa shape index (κ3) is 5.77. The lowest BCUT2D eigenvalue weighted by Crippen LogP contribution is -2.45. The molecule has 1 saturated heterocycles. The van der Waals surface area contributed by atoms with Crippen LogP contribution in [-0.4, -0.2) is 42.7 Å². The summed E-state index contributed by atoms with van der Waals surface area (Å²) < 4.78 is 66.3. The molecule has 2 amide bonds. The van der Waals surface area contributed by atoms with E-state index in [2.05, 4.69) is 10.1 Å². The molecule has 1 aliphatic heterocycles. The van der Waals surface area contributed by atoms with Gasteiger partial charge >= 0.3 is 6.61 Å². The first-order valence-corrected chi connectivity index (χ1v) is 13.0. The molecule has 1 unspecified atom stereocenters. The molecule has 1 aliphatic carbocycles. The topological polar surface area (TPSA) is 89.9 Å². The first-order valence-electron chi connectivity index (χ1n) is 13.0. The lowest BCUT2D eigenvalue weighted by Gasteiger charge is -2.20. The molecule has 3 aromatic rings.